The van der Waals surface area contributed by atoms with E-state index in [1.165, 1.54) is 19.3 Å². The van der Waals surface area contributed by atoms with Crippen molar-refractivity contribution in [2.75, 3.05) is 12.4 Å². The molecule has 1 aromatic carbocycles. The van der Waals surface area contributed by atoms with Crippen LogP contribution in [0.1, 0.15) is 37.7 Å². The second kappa shape index (κ2) is 6.29. The average molecular weight is 302 g/mol. The van der Waals surface area contributed by atoms with Crippen LogP contribution in [0.5, 0.6) is 5.75 Å². The normalized spacial score (nSPS) is 30.7. The maximum atomic E-state index is 12.7. The third kappa shape index (κ3) is 2.98. The molecule has 2 atom stereocenters. The number of aryl methyl sites for hydroxylation is 1. The molecule has 22 heavy (non-hydrogen) atoms. The molecule has 0 spiro atoms. The summed E-state index contributed by atoms with van der Waals surface area (Å²) < 4.78 is 5.35. The molecule has 1 aromatic rings. The molecule has 3 rings (SSSR count). The van der Waals surface area contributed by atoms with Crippen LogP contribution in [0.25, 0.3) is 0 Å². The summed E-state index contributed by atoms with van der Waals surface area (Å²) in [6.45, 7) is 2.01. The fourth-order valence-corrected chi connectivity index (χ4v) is 4.16. The van der Waals surface area contributed by atoms with Gasteiger partial charge in [-0.05, 0) is 62.1 Å². The number of methoxy groups -OCH3 is 1. The lowest BCUT2D eigenvalue weighted by Gasteiger charge is -2.43. The van der Waals surface area contributed by atoms with E-state index in [4.69, 9.17) is 10.5 Å². The number of nitrogens with two attached hydrogens (primary N) is 1. The van der Waals surface area contributed by atoms with Crippen molar-refractivity contribution < 1.29 is 9.53 Å². The number of amides is 1. The highest BCUT2D eigenvalue weighted by Gasteiger charge is 2.40. The molecule has 4 nitrogen and oxygen atoms in total. The highest BCUT2D eigenvalue weighted by Crippen LogP contribution is 2.42. The molecular weight excluding hydrogens is 276 g/mol. The van der Waals surface area contributed by atoms with Crippen LogP contribution in [0, 0.1) is 24.7 Å². The molecule has 0 saturated heterocycles. The maximum Gasteiger partial charge on any atom is 0.227 e. The van der Waals surface area contributed by atoms with E-state index < -0.39 is 0 Å². The van der Waals surface area contributed by atoms with Crippen LogP contribution >= 0.6 is 0 Å². The summed E-state index contributed by atoms with van der Waals surface area (Å²) in [5.41, 5.74) is 8.19. The lowest BCUT2D eigenvalue weighted by Crippen LogP contribution is -2.48. The van der Waals surface area contributed by atoms with Gasteiger partial charge in [-0.1, -0.05) is 12.5 Å². The summed E-state index contributed by atoms with van der Waals surface area (Å²) in [6, 6.07) is 6.15. The van der Waals surface area contributed by atoms with E-state index in [9.17, 15) is 4.79 Å². The minimum absolute atomic E-state index is 0.0836. The Balaban J connectivity index is 1.71. The van der Waals surface area contributed by atoms with Gasteiger partial charge in [0.2, 0.25) is 5.91 Å². The molecule has 1 amide bonds. The number of fused-ring (bicyclic) bond motifs is 2. The van der Waals surface area contributed by atoms with Crippen molar-refractivity contribution in [2.45, 2.75) is 45.1 Å². The lowest BCUT2D eigenvalue weighted by molar-refractivity contribution is -0.122. The summed E-state index contributed by atoms with van der Waals surface area (Å²) in [5, 5.41) is 3.07. The van der Waals surface area contributed by atoms with Crippen molar-refractivity contribution >= 4 is 11.6 Å². The van der Waals surface area contributed by atoms with E-state index in [2.05, 4.69) is 5.32 Å². The van der Waals surface area contributed by atoms with Crippen LogP contribution in [0.4, 0.5) is 5.69 Å². The molecule has 2 aliphatic carbocycles. The highest BCUT2D eigenvalue weighted by molar-refractivity contribution is 5.94. The van der Waals surface area contributed by atoms with Crippen molar-refractivity contribution in [3.8, 4) is 5.75 Å². The first-order valence-electron chi connectivity index (χ1n) is 8.29. The Morgan fingerprint density at radius 2 is 1.95 bits per heavy atom. The minimum Gasteiger partial charge on any atom is -0.495 e. The van der Waals surface area contributed by atoms with E-state index in [1.807, 2.05) is 25.1 Å². The van der Waals surface area contributed by atoms with Gasteiger partial charge in [-0.15, -0.1) is 0 Å². The molecule has 3 N–H and O–H groups in total. The number of hydrogen-bond donors (Lipinski definition) is 2. The second-order valence-electron chi connectivity index (χ2n) is 6.89. The number of hydrogen-bond acceptors (Lipinski definition) is 3. The number of nitrogens with one attached hydrogen (secondary N) is 1. The van der Waals surface area contributed by atoms with Gasteiger partial charge in [-0.25, -0.2) is 0 Å². The average Bonchev–Trinajstić information content (AvgIpc) is 2.47. The van der Waals surface area contributed by atoms with Crippen molar-refractivity contribution in [1.82, 2.24) is 0 Å². The van der Waals surface area contributed by atoms with Crippen LogP contribution < -0.4 is 15.8 Å². The molecule has 0 heterocycles. The third-order valence-electron chi connectivity index (χ3n) is 5.40. The standard InChI is InChI=1S/C18H26N2O2/c1-11-6-7-16(22-2)15(8-11)20-18(21)14-9-12-4-3-5-13(10-14)17(12)19/h6-8,12-14,17H,3-5,9-10,19H2,1-2H3,(H,20,21). The van der Waals surface area contributed by atoms with Crippen LogP contribution in [-0.2, 0) is 4.79 Å². The highest BCUT2D eigenvalue weighted by atomic mass is 16.5. The van der Waals surface area contributed by atoms with E-state index in [-0.39, 0.29) is 11.8 Å². The zero-order valence-electron chi connectivity index (χ0n) is 13.5. The van der Waals surface area contributed by atoms with Crippen molar-refractivity contribution in [1.29, 1.82) is 0 Å². The largest absolute Gasteiger partial charge is 0.495 e. The van der Waals surface area contributed by atoms with Crippen LogP contribution in [0.3, 0.4) is 0 Å². The second-order valence-corrected chi connectivity index (χ2v) is 6.89. The smallest absolute Gasteiger partial charge is 0.227 e. The van der Waals surface area contributed by atoms with Gasteiger partial charge in [0.1, 0.15) is 5.75 Å². The fourth-order valence-electron chi connectivity index (χ4n) is 4.16. The Morgan fingerprint density at radius 1 is 1.27 bits per heavy atom. The molecule has 120 valence electrons. The van der Waals surface area contributed by atoms with Gasteiger partial charge in [0.05, 0.1) is 12.8 Å². The molecule has 0 aliphatic heterocycles. The Hall–Kier alpha value is -1.55. The molecule has 2 saturated carbocycles. The number of rotatable bonds is 3. The molecule has 4 heteroatoms. The summed E-state index contributed by atoms with van der Waals surface area (Å²) in [5.74, 6) is 1.95. The zero-order valence-corrected chi connectivity index (χ0v) is 13.5. The molecule has 2 fully saturated rings. The van der Waals surface area contributed by atoms with Gasteiger partial charge >= 0.3 is 0 Å². The van der Waals surface area contributed by atoms with Gasteiger partial charge in [-0.2, -0.15) is 0 Å². The quantitative estimate of drug-likeness (QED) is 0.901. The number of benzene rings is 1. The molecule has 2 bridgehead atoms. The first kappa shape index (κ1) is 15.3. The third-order valence-corrected chi connectivity index (χ3v) is 5.40. The van der Waals surface area contributed by atoms with Crippen molar-refractivity contribution in [3.05, 3.63) is 23.8 Å². The Labute approximate surface area is 132 Å². The molecule has 0 aromatic heterocycles. The predicted molar refractivity (Wildman–Crippen MR) is 87.9 cm³/mol. The number of anilines is 1. The molecule has 2 unspecified atom stereocenters. The Kier molecular flexibility index (Phi) is 4.39. The van der Waals surface area contributed by atoms with E-state index in [0.717, 1.165) is 24.1 Å². The minimum atomic E-state index is 0.0836. The van der Waals surface area contributed by atoms with Crippen molar-refractivity contribution in [2.24, 2.45) is 23.5 Å². The first-order chi connectivity index (χ1) is 10.6. The predicted octanol–water partition coefficient (Wildman–Crippen LogP) is 3.10. The molecular formula is C18H26N2O2. The van der Waals surface area contributed by atoms with Crippen LogP contribution in [0.2, 0.25) is 0 Å². The fraction of sp³-hybridized carbons (Fsp3) is 0.611. The van der Waals surface area contributed by atoms with E-state index in [1.54, 1.807) is 7.11 Å². The van der Waals surface area contributed by atoms with Gasteiger partial charge in [0, 0.05) is 12.0 Å². The van der Waals surface area contributed by atoms with Crippen LogP contribution in [0.15, 0.2) is 18.2 Å². The summed E-state index contributed by atoms with van der Waals surface area (Å²) in [6.07, 6.45) is 5.47. The monoisotopic (exact) mass is 302 g/mol. The summed E-state index contributed by atoms with van der Waals surface area (Å²) in [4.78, 5) is 12.7. The number of ether oxygens (including phenoxy) is 1. The summed E-state index contributed by atoms with van der Waals surface area (Å²) >= 11 is 0. The van der Waals surface area contributed by atoms with Gasteiger partial charge in [-0.3, -0.25) is 4.79 Å². The zero-order chi connectivity index (χ0) is 15.7. The topological polar surface area (TPSA) is 64.3 Å². The van der Waals surface area contributed by atoms with Crippen LogP contribution in [-0.4, -0.2) is 19.1 Å². The van der Waals surface area contributed by atoms with Gasteiger partial charge < -0.3 is 15.8 Å². The first-order valence-corrected chi connectivity index (χ1v) is 8.29. The Bertz CT molecular complexity index is 544. The van der Waals surface area contributed by atoms with E-state index in [0.29, 0.717) is 23.6 Å². The summed E-state index contributed by atoms with van der Waals surface area (Å²) in [7, 11) is 1.63. The SMILES string of the molecule is COc1ccc(C)cc1NC(=O)C1CC2CCCC(C1)C2N. The lowest BCUT2D eigenvalue weighted by atomic mass is 9.65. The number of carbonyl (C=O) groups is 1. The molecule has 2 aliphatic rings. The molecule has 0 radical (unpaired) electrons. The Morgan fingerprint density at radius 3 is 2.59 bits per heavy atom. The van der Waals surface area contributed by atoms with Gasteiger partial charge in [0.15, 0.2) is 0 Å². The van der Waals surface area contributed by atoms with Crippen molar-refractivity contribution in [3.63, 3.8) is 0 Å². The number of carbonyl (C=O) groups excluding carboxylic acids is 1. The van der Waals surface area contributed by atoms with E-state index >= 15 is 0 Å². The van der Waals surface area contributed by atoms with Gasteiger partial charge in [0.25, 0.3) is 0 Å². The maximum absolute atomic E-state index is 12.7.